The number of nitrogens with zero attached hydrogens (tertiary/aromatic N) is 2. The normalized spacial score (nSPS) is 18.8. The third kappa shape index (κ3) is 2.46. The zero-order valence-corrected chi connectivity index (χ0v) is 12.2. The minimum absolute atomic E-state index is 0.138. The first-order valence-corrected chi connectivity index (χ1v) is 7.60. The number of benzene rings is 1. The molecule has 1 N–H and O–H groups in total. The number of carbonyl (C=O) groups is 1. The maximum absolute atomic E-state index is 12.7. The smallest absolute Gasteiger partial charge is 0.245 e. The van der Waals surface area contributed by atoms with Gasteiger partial charge in [0.15, 0.2) is 0 Å². The van der Waals surface area contributed by atoms with Crippen molar-refractivity contribution in [2.45, 2.75) is 19.0 Å². The Labute approximate surface area is 122 Å². The Morgan fingerprint density at radius 2 is 2.20 bits per heavy atom. The first kappa shape index (κ1) is 13.3. The maximum atomic E-state index is 12.7. The molecule has 3 rings (SSSR count). The van der Waals surface area contributed by atoms with E-state index in [9.17, 15) is 4.79 Å². The van der Waals surface area contributed by atoms with E-state index in [1.54, 1.807) is 11.3 Å². The topological polar surface area (TPSA) is 45.2 Å². The standard InChI is InChI=1S/C15H17N3OS/c1-16-13-14-12(17-10-20-14)7-8-18(15(13)19)9-11-5-3-2-4-6-11/h2-6,10,13,16H,7-9H2,1H3. The first-order chi connectivity index (χ1) is 9.79. The van der Waals surface area contributed by atoms with E-state index in [1.165, 1.54) is 0 Å². The van der Waals surface area contributed by atoms with Gasteiger partial charge in [-0.3, -0.25) is 4.79 Å². The molecule has 1 aliphatic rings. The third-order valence-corrected chi connectivity index (χ3v) is 4.55. The SMILES string of the molecule is CNC1C(=O)N(Cc2ccccc2)CCc2ncsc21. The number of amides is 1. The van der Waals surface area contributed by atoms with Crippen LogP contribution in [0.25, 0.3) is 0 Å². The molecule has 4 nitrogen and oxygen atoms in total. The molecule has 0 spiro atoms. The van der Waals surface area contributed by atoms with Gasteiger partial charge in [0.2, 0.25) is 5.91 Å². The van der Waals surface area contributed by atoms with Gasteiger partial charge in [-0.25, -0.2) is 4.98 Å². The fraction of sp³-hybridized carbons (Fsp3) is 0.333. The molecule has 20 heavy (non-hydrogen) atoms. The zero-order valence-electron chi connectivity index (χ0n) is 11.4. The fourth-order valence-electron chi connectivity index (χ4n) is 2.56. The molecular formula is C15H17N3OS. The number of fused-ring (bicyclic) bond motifs is 1. The van der Waals surface area contributed by atoms with Crippen molar-refractivity contribution in [3.05, 3.63) is 52.0 Å². The summed E-state index contributed by atoms with van der Waals surface area (Å²) in [6, 6.07) is 9.85. The minimum Gasteiger partial charge on any atom is -0.336 e. The van der Waals surface area contributed by atoms with Crippen LogP contribution in [0.15, 0.2) is 35.8 Å². The molecule has 1 aromatic carbocycles. The largest absolute Gasteiger partial charge is 0.336 e. The molecule has 1 aromatic heterocycles. The second-order valence-electron chi connectivity index (χ2n) is 4.88. The molecule has 0 fully saturated rings. The lowest BCUT2D eigenvalue weighted by molar-refractivity contribution is -0.133. The number of aromatic nitrogens is 1. The van der Waals surface area contributed by atoms with Crippen LogP contribution in [0.4, 0.5) is 0 Å². The van der Waals surface area contributed by atoms with Crippen molar-refractivity contribution in [1.29, 1.82) is 0 Å². The molecule has 104 valence electrons. The fourth-order valence-corrected chi connectivity index (χ4v) is 3.50. The molecule has 5 heteroatoms. The third-order valence-electron chi connectivity index (χ3n) is 3.62. The quantitative estimate of drug-likeness (QED) is 0.939. The Kier molecular flexibility index (Phi) is 3.80. The molecule has 2 heterocycles. The highest BCUT2D eigenvalue weighted by atomic mass is 32.1. The lowest BCUT2D eigenvalue weighted by Crippen LogP contribution is -2.38. The monoisotopic (exact) mass is 287 g/mol. The van der Waals surface area contributed by atoms with Crippen LogP contribution >= 0.6 is 11.3 Å². The maximum Gasteiger partial charge on any atom is 0.245 e. The number of rotatable bonds is 3. The summed E-state index contributed by atoms with van der Waals surface area (Å²) in [5.74, 6) is 0.138. The van der Waals surface area contributed by atoms with Crippen LogP contribution in [-0.4, -0.2) is 29.4 Å². The first-order valence-electron chi connectivity index (χ1n) is 6.72. The predicted molar refractivity (Wildman–Crippen MR) is 79.5 cm³/mol. The molecule has 0 radical (unpaired) electrons. The molecular weight excluding hydrogens is 270 g/mol. The van der Waals surface area contributed by atoms with Gasteiger partial charge in [-0.15, -0.1) is 11.3 Å². The summed E-state index contributed by atoms with van der Waals surface area (Å²) in [5, 5.41) is 3.13. The average Bonchev–Trinajstić information content (AvgIpc) is 2.89. The molecule has 0 bridgehead atoms. The van der Waals surface area contributed by atoms with Gasteiger partial charge >= 0.3 is 0 Å². The van der Waals surface area contributed by atoms with E-state index in [4.69, 9.17) is 0 Å². The number of nitrogens with one attached hydrogen (secondary N) is 1. The number of hydrogen-bond acceptors (Lipinski definition) is 4. The Morgan fingerprint density at radius 3 is 2.95 bits per heavy atom. The molecule has 1 aliphatic heterocycles. The van der Waals surface area contributed by atoms with E-state index in [2.05, 4.69) is 22.4 Å². The highest BCUT2D eigenvalue weighted by Gasteiger charge is 2.31. The van der Waals surface area contributed by atoms with E-state index in [0.717, 1.165) is 29.1 Å². The minimum atomic E-state index is -0.260. The molecule has 1 unspecified atom stereocenters. The van der Waals surface area contributed by atoms with Crippen molar-refractivity contribution in [2.24, 2.45) is 0 Å². The van der Waals surface area contributed by atoms with Gasteiger partial charge in [0, 0.05) is 19.5 Å². The molecule has 2 aromatic rings. The summed E-state index contributed by atoms with van der Waals surface area (Å²) in [5.41, 5.74) is 4.04. The van der Waals surface area contributed by atoms with Crippen LogP contribution in [0.1, 0.15) is 22.2 Å². The number of hydrogen-bond donors (Lipinski definition) is 1. The van der Waals surface area contributed by atoms with E-state index < -0.39 is 0 Å². The Hall–Kier alpha value is -1.72. The van der Waals surface area contributed by atoms with E-state index >= 15 is 0 Å². The Bertz CT molecular complexity index is 596. The lowest BCUT2D eigenvalue weighted by atomic mass is 10.2. The van der Waals surface area contributed by atoms with Crippen LogP contribution in [0, 0.1) is 0 Å². The Morgan fingerprint density at radius 1 is 1.40 bits per heavy atom. The van der Waals surface area contributed by atoms with E-state index in [-0.39, 0.29) is 11.9 Å². The van der Waals surface area contributed by atoms with Gasteiger partial charge in [0.05, 0.1) is 16.1 Å². The van der Waals surface area contributed by atoms with Crippen molar-refractivity contribution >= 4 is 17.2 Å². The summed E-state index contributed by atoms with van der Waals surface area (Å²) in [6.07, 6.45) is 0.829. The van der Waals surface area contributed by atoms with Gasteiger partial charge in [-0.05, 0) is 12.6 Å². The summed E-state index contributed by atoms with van der Waals surface area (Å²) in [4.78, 5) is 20.1. The molecule has 0 saturated heterocycles. The van der Waals surface area contributed by atoms with Crippen LogP contribution in [-0.2, 0) is 17.8 Å². The summed E-state index contributed by atoms with van der Waals surface area (Å²) in [6.45, 7) is 1.38. The summed E-state index contributed by atoms with van der Waals surface area (Å²) in [7, 11) is 1.83. The van der Waals surface area contributed by atoms with Gasteiger partial charge in [-0.1, -0.05) is 30.3 Å². The van der Waals surface area contributed by atoms with Crippen molar-refractivity contribution in [3.63, 3.8) is 0 Å². The number of carbonyl (C=O) groups excluding carboxylic acids is 1. The van der Waals surface area contributed by atoms with Crippen molar-refractivity contribution in [1.82, 2.24) is 15.2 Å². The molecule has 0 saturated carbocycles. The van der Waals surface area contributed by atoms with Crippen molar-refractivity contribution in [2.75, 3.05) is 13.6 Å². The van der Waals surface area contributed by atoms with Gasteiger partial charge in [-0.2, -0.15) is 0 Å². The average molecular weight is 287 g/mol. The highest BCUT2D eigenvalue weighted by Crippen LogP contribution is 2.28. The summed E-state index contributed by atoms with van der Waals surface area (Å²) >= 11 is 1.56. The van der Waals surface area contributed by atoms with Gasteiger partial charge in [0.1, 0.15) is 6.04 Å². The van der Waals surface area contributed by atoms with Crippen LogP contribution in [0.5, 0.6) is 0 Å². The predicted octanol–water partition coefficient (Wildman–Crippen LogP) is 1.99. The number of likely N-dealkylation sites (N-methyl/N-ethyl adjacent to an activating group) is 1. The molecule has 0 aliphatic carbocycles. The van der Waals surface area contributed by atoms with E-state index in [0.29, 0.717) is 6.54 Å². The Balaban J connectivity index is 1.84. The van der Waals surface area contributed by atoms with Crippen molar-refractivity contribution < 1.29 is 4.79 Å². The van der Waals surface area contributed by atoms with Crippen LogP contribution < -0.4 is 5.32 Å². The highest BCUT2D eigenvalue weighted by molar-refractivity contribution is 7.10. The second kappa shape index (κ2) is 5.73. The number of thiazole rings is 1. The van der Waals surface area contributed by atoms with E-state index in [1.807, 2.05) is 35.7 Å². The summed E-state index contributed by atoms with van der Waals surface area (Å²) < 4.78 is 0. The zero-order chi connectivity index (χ0) is 13.9. The van der Waals surface area contributed by atoms with Gasteiger partial charge in [0.25, 0.3) is 0 Å². The lowest BCUT2D eigenvalue weighted by Gasteiger charge is -2.24. The molecule has 1 amide bonds. The van der Waals surface area contributed by atoms with Crippen LogP contribution in [0.2, 0.25) is 0 Å². The van der Waals surface area contributed by atoms with Crippen molar-refractivity contribution in [3.8, 4) is 0 Å². The van der Waals surface area contributed by atoms with Crippen LogP contribution in [0.3, 0.4) is 0 Å². The van der Waals surface area contributed by atoms with Gasteiger partial charge < -0.3 is 10.2 Å². The molecule has 1 atom stereocenters. The second-order valence-corrected chi connectivity index (χ2v) is 5.77.